The first-order chi connectivity index (χ1) is 9.08. The van der Waals surface area contributed by atoms with Gasteiger partial charge < -0.3 is 20.4 Å². The summed E-state index contributed by atoms with van der Waals surface area (Å²) in [5.74, 6) is -0.674. The smallest absolute Gasteiger partial charge is 0.306 e. The Morgan fingerprint density at radius 2 is 1.84 bits per heavy atom. The van der Waals surface area contributed by atoms with Crippen LogP contribution in [0.3, 0.4) is 0 Å². The normalized spacial score (nSPS) is 22.3. The summed E-state index contributed by atoms with van der Waals surface area (Å²) in [6.07, 6.45) is 2.89. The summed E-state index contributed by atoms with van der Waals surface area (Å²) in [5, 5.41) is 21.5. The maximum atomic E-state index is 11.9. The lowest BCUT2D eigenvalue weighted by atomic mass is 9.97. The summed E-state index contributed by atoms with van der Waals surface area (Å²) in [7, 11) is 0. The number of nitrogens with zero attached hydrogens (tertiary/aromatic N) is 1. The molecule has 1 aliphatic carbocycles. The van der Waals surface area contributed by atoms with Crippen LogP contribution in [0.15, 0.2) is 0 Å². The van der Waals surface area contributed by atoms with Gasteiger partial charge in [-0.15, -0.1) is 0 Å². The fraction of sp³-hybridized carbons (Fsp3) is 0.846. The van der Waals surface area contributed by atoms with E-state index in [1.165, 1.54) is 0 Å². The van der Waals surface area contributed by atoms with E-state index in [0.29, 0.717) is 38.4 Å². The summed E-state index contributed by atoms with van der Waals surface area (Å²) in [4.78, 5) is 24.4. The van der Waals surface area contributed by atoms with Crippen LogP contribution in [0.2, 0.25) is 0 Å². The van der Waals surface area contributed by atoms with Crippen molar-refractivity contribution in [1.82, 2.24) is 10.2 Å². The van der Waals surface area contributed by atoms with Gasteiger partial charge >= 0.3 is 5.97 Å². The first-order valence-electron chi connectivity index (χ1n) is 6.97. The minimum atomic E-state index is -0.766. The number of carbonyl (C=O) groups excluding carboxylic acids is 1. The summed E-state index contributed by atoms with van der Waals surface area (Å²) in [6, 6.07) is 0. The zero-order chi connectivity index (χ0) is 13.8. The molecule has 2 aliphatic rings. The molecule has 0 spiro atoms. The molecule has 0 radical (unpaired) electrons. The van der Waals surface area contributed by atoms with Crippen molar-refractivity contribution in [2.75, 3.05) is 26.2 Å². The van der Waals surface area contributed by atoms with Crippen LogP contribution >= 0.6 is 0 Å². The van der Waals surface area contributed by atoms with E-state index in [0.717, 1.165) is 12.8 Å². The number of hydrogen-bond donors (Lipinski definition) is 3. The zero-order valence-corrected chi connectivity index (χ0v) is 11.0. The third-order valence-electron chi connectivity index (χ3n) is 3.99. The number of amides is 1. The molecule has 1 atom stereocenters. The number of carboxylic acid groups (broad SMARTS) is 1. The molecule has 1 saturated carbocycles. The van der Waals surface area contributed by atoms with Crippen molar-refractivity contribution in [3.8, 4) is 0 Å². The van der Waals surface area contributed by atoms with E-state index in [9.17, 15) is 14.7 Å². The van der Waals surface area contributed by atoms with Crippen LogP contribution in [0, 0.1) is 11.8 Å². The molecule has 0 aromatic carbocycles. The van der Waals surface area contributed by atoms with Gasteiger partial charge in [-0.3, -0.25) is 9.59 Å². The van der Waals surface area contributed by atoms with Gasteiger partial charge in [0.15, 0.2) is 0 Å². The van der Waals surface area contributed by atoms with E-state index in [2.05, 4.69) is 5.32 Å². The fourth-order valence-electron chi connectivity index (χ4n) is 2.46. The van der Waals surface area contributed by atoms with Crippen LogP contribution in [0.25, 0.3) is 0 Å². The number of aliphatic hydroxyl groups is 1. The molecule has 0 aromatic rings. The van der Waals surface area contributed by atoms with E-state index in [1.54, 1.807) is 4.90 Å². The Kier molecular flexibility index (Phi) is 4.76. The minimum Gasteiger partial charge on any atom is -0.481 e. The molecule has 1 saturated heterocycles. The Balaban J connectivity index is 1.62. The van der Waals surface area contributed by atoms with Crippen molar-refractivity contribution in [2.45, 2.75) is 31.8 Å². The number of nitrogens with one attached hydrogen (secondary N) is 1. The number of rotatable bonds is 6. The van der Waals surface area contributed by atoms with E-state index in [-0.39, 0.29) is 24.5 Å². The van der Waals surface area contributed by atoms with Crippen molar-refractivity contribution in [1.29, 1.82) is 0 Å². The molecule has 1 aliphatic heterocycles. The second kappa shape index (κ2) is 6.34. The number of carboxylic acids is 1. The predicted octanol–water partition coefficient (Wildman–Crippen LogP) is -0.330. The summed E-state index contributed by atoms with van der Waals surface area (Å²) < 4.78 is 0. The Bertz CT molecular complexity index is 336. The number of hydrogen-bond acceptors (Lipinski definition) is 4. The average molecular weight is 270 g/mol. The highest BCUT2D eigenvalue weighted by Crippen LogP contribution is 2.32. The highest BCUT2D eigenvalue weighted by molar-refractivity contribution is 5.78. The quantitative estimate of drug-likeness (QED) is 0.615. The number of aliphatic hydroxyl groups excluding tert-OH is 1. The third-order valence-corrected chi connectivity index (χ3v) is 3.99. The third kappa shape index (κ3) is 4.18. The van der Waals surface area contributed by atoms with E-state index in [4.69, 9.17) is 5.11 Å². The van der Waals surface area contributed by atoms with Crippen LogP contribution < -0.4 is 5.32 Å². The summed E-state index contributed by atoms with van der Waals surface area (Å²) in [6.45, 7) is 1.72. The zero-order valence-electron chi connectivity index (χ0n) is 11.0. The van der Waals surface area contributed by atoms with Gasteiger partial charge in [0.1, 0.15) is 0 Å². The first-order valence-corrected chi connectivity index (χ1v) is 6.97. The Morgan fingerprint density at radius 3 is 2.37 bits per heavy atom. The molecule has 0 aromatic heterocycles. The summed E-state index contributed by atoms with van der Waals surface area (Å²) in [5.41, 5.74) is 0. The van der Waals surface area contributed by atoms with Crippen LogP contribution in [-0.2, 0) is 9.59 Å². The van der Waals surface area contributed by atoms with Gasteiger partial charge in [-0.05, 0) is 31.6 Å². The van der Waals surface area contributed by atoms with Crippen LogP contribution in [0.4, 0.5) is 0 Å². The van der Waals surface area contributed by atoms with Gasteiger partial charge in [-0.25, -0.2) is 0 Å². The molecule has 108 valence electrons. The largest absolute Gasteiger partial charge is 0.481 e. The lowest BCUT2D eigenvalue weighted by Gasteiger charge is -2.30. The van der Waals surface area contributed by atoms with Gasteiger partial charge in [0.2, 0.25) is 5.91 Å². The second-order valence-electron chi connectivity index (χ2n) is 5.53. The lowest BCUT2D eigenvalue weighted by molar-refractivity contribution is -0.145. The minimum absolute atomic E-state index is 0.00756. The van der Waals surface area contributed by atoms with Crippen LogP contribution in [-0.4, -0.2) is 59.3 Å². The summed E-state index contributed by atoms with van der Waals surface area (Å²) >= 11 is 0. The Morgan fingerprint density at radius 1 is 1.21 bits per heavy atom. The second-order valence-corrected chi connectivity index (χ2v) is 5.53. The maximum Gasteiger partial charge on any atom is 0.306 e. The number of likely N-dealkylation sites (tertiary alicyclic amines) is 1. The van der Waals surface area contributed by atoms with Gasteiger partial charge in [0.25, 0.3) is 0 Å². The SMILES string of the molecule is O=C(O)C1CCN(C(=O)CNCC(O)C2CC2)CC1. The molecule has 1 unspecified atom stereocenters. The fourth-order valence-corrected chi connectivity index (χ4v) is 2.46. The molecule has 0 bridgehead atoms. The molecule has 19 heavy (non-hydrogen) atoms. The number of piperidine rings is 1. The molecule has 2 rings (SSSR count). The van der Waals surface area contributed by atoms with Gasteiger partial charge in [0.05, 0.1) is 18.6 Å². The topological polar surface area (TPSA) is 89.9 Å². The lowest BCUT2D eigenvalue weighted by Crippen LogP contribution is -2.45. The average Bonchev–Trinajstić information content (AvgIpc) is 3.23. The van der Waals surface area contributed by atoms with Gasteiger partial charge in [-0.2, -0.15) is 0 Å². The molecular formula is C13H22N2O4. The van der Waals surface area contributed by atoms with Crippen molar-refractivity contribution >= 4 is 11.9 Å². The van der Waals surface area contributed by atoms with E-state index >= 15 is 0 Å². The van der Waals surface area contributed by atoms with Gasteiger partial charge in [-0.1, -0.05) is 0 Å². The molecule has 6 heteroatoms. The number of aliphatic carboxylic acids is 1. The van der Waals surface area contributed by atoms with Gasteiger partial charge in [0, 0.05) is 19.6 Å². The van der Waals surface area contributed by atoms with E-state index in [1.807, 2.05) is 0 Å². The van der Waals surface area contributed by atoms with Crippen molar-refractivity contribution in [3.63, 3.8) is 0 Å². The predicted molar refractivity (Wildman–Crippen MR) is 68.5 cm³/mol. The molecular weight excluding hydrogens is 248 g/mol. The molecule has 6 nitrogen and oxygen atoms in total. The van der Waals surface area contributed by atoms with Crippen LogP contribution in [0.5, 0.6) is 0 Å². The molecule has 2 fully saturated rings. The van der Waals surface area contributed by atoms with E-state index < -0.39 is 5.97 Å². The Hall–Kier alpha value is -1.14. The first kappa shape index (κ1) is 14.3. The standard InChI is InChI=1S/C13H22N2O4/c16-11(9-1-2-9)7-14-8-12(17)15-5-3-10(4-6-15)13(18)19/h9-11,14,16H,1-8H2,(H,18,19). The highest BCUT2D eigenvalue weighted by atomic mass is 16.4. The maximum absolute atomic E-state index is 11.9. The van der Waals surface area contributed by atoms with Crippen molar-refractivity contribution < 1.29 is 19.8 Å². The van der Waals surface area contributed by atoms with Crippen molar-refractivity contribution in [3.05, 3.63) is 0 Å². The molecule has 3 N–H and O–H groups in total. The van der Waals surface area contributed by atoms with Crippen LogP contribution in [0.1, 0.15) is 25.7 Å². The Labute approximate surface area is 112 Å². The monoisotopic (exact) mass is 270 g/mol. The highest BCUT2D eigenvalue weighted by Gasteiger charge is 2.30. The number of carbonyl (C=O) groups is 2. The molecule has 1 amide bonds. The molecule has 1 heterocycles. The van der Waals surface area contributed by atoms with Crippen molar-refractivity contribution in [2.24, 2.45) is 11.8 Å².